The van der Waals surface area contributed by atoms with Crippen LogP contribution in [0, 0.1) is 12.7 Å². The average Bonchev–Trinajstić information content (AvgIpc) is 3.11. The van der Waals surface area contributed by atoms with Crippen molar-refractivity contribution < 1.29 is 9.13 Å². The molecule has 3 aromatic carbocycles. The molecule has 1 heterocycles. The number of aryl methyl sites for hydroxylation is 1. The summed E-state index contributed by atoms with van der Waals surface area (Å²) < 4.78 is 19.4. The number of hydrogen-bond acceptors (Lipinski definition) is 2. The Bertz CT molecular complexity index is 1120. The minimum Gasteiger partial charge on any atom is -0.486 e. The SMILES string of the molecule is Cc1[nH]c(-c2ccc(O[C@@H](C)c3cccc(F)c3)cc2)nc1-c1ccc(Cl)cc1. The summed E-state index contributed by atoms with van der Waals surface area (Å²) in [5.41, 5.74) is 4.65. The first kappa shape index (κ1) is 19.2. The fourth-order valence-electron chi connectivity index (χ4n) is 3.21. The second kappa shape index (κ2) is 8.10. The molecule has 29 heavy (non-hydrogen) atoms. The van der Waals surface area contributed by atoms with Gasteiger partial charge in [0, 0.05) is 21.8 Å². The molecule has 1 aromatic heterocycles. The standard InChI is InChI=1S/C24H20ClFN2O/c1-15-23(17-6-10-20(25)11-7-17)28-24(27-15)18-8-12-22(13-9-18)29-16(2)19-4-3-5-21(26)14-19/h3-14,16H,1-2H3,(H,27,28)/t16-/m0/s1. The van der Waals surface area contributed by atoms with E-state index in [9.17, 15) is 4.39 Å². The zero-order valence-electron chi connectivity index (χ0n) is 16.1. The largest absolute Gasteiger partial charge is 0.486 e. The van der Waals surface area contributed by atoms with E-state index in [0.29, 0.717) is 10.8 Å². The zero-order valence-corrected chi connectivity index (χ0v) is 16.9. The van der Waals surface area contributed by atoms with Gasteiger partial charge in [0.05, 0.1) is 5.69 Å². The summed E-state index contributed by atoms with van der Waals surface area (Å²) in [5.74, 6) is 1.24. The number of H-pyrrole nitrogens is 1. The lowest BCUT2D eigenvalue weighted by Crippen LogP contribution is -2.03. The van der Waals surface area contributed by atoms with Crippen LogP contribution in [0.4, 0.5) is 4.39 Å². The van der Waals surface area contributed by atoms with Gasteiger partial charge in [0.1, 0.15) is 23.5 Å². The molecule has 0 saturated carbocycles. The molecular formula is C24H20ClFN2O. The predicted octanol–water partition coefficient (Wildman–Crippen LogP) is 6.98. The molecule has 146 valence electrons. The topological polar surface area (TPSA) is 37.9 Å². The molecule has 0 saturated heterocycles. The molecule has 0 bridgehead atoms. The Balaban J connectivity index is 1.52. The number of imidazole rings is 1. The fourth-order valence-corrected chi connectivity index (χ4v) is 3.33. The van der Waals surface area contributed by atoms with Crippen molar-refractivity contribution in [3.8, 4) is 28.4 Å². The lowest BCUT2D eigenvalue weighted by Gasteiger charge is -2.15. The van der Waals surface area contributed by atoms with Gasteiger partial charge in [-0.1, -0.05) is 35.9 Å². The lowest BCUT2D eigenvalue weighted by atomic mass is 10.1. The monoisotopic (exact) mass is 406 g/mol. The summed E-state index contributed by atoms with van der Waals surface area (Å²) in [7, 11) is 0. The van der Waals surface area contributed by atoms with Crippen molar-refractivity contribution in [1.29, 1.82) is 0 Å². The van der Waals surface area contributed by atoms with E-state index in [1.165, 1.54) is 12.1 Å². The Hall–Kier alpha value is -3.11. The number of rotatable bonds is 5. The molecule has 0 unspecified atom stereocenters. The van der Waals surface area contributed by atoms with Gasteiger partial charge in [-0.15, -0.1) is 0 Å². The average molecular weight is 407 g/mol. The molecule has 5 heteroatoms. The third-order valence-corrected chi connectivity index (χ3v) is 5.01. The van der Waals surface area contributed by atoms with Gasteiger partial charge >= 0.3 is 0 Å². The van der Waals surface area contributed by atoms with Gasteiger partial charge in [-0.3, -0.25) is 0 Å². The second-order valence-electron chi connectivity index (χ2n) is 6.91. The Morgan fingerprint density at radius 2 is 1.66 bits per heavy atom. The van der Waals surface area contributed by atoms with Crippen LogP contribution in [-0.2, 0) is 0 Å². The van der Waals surface area contributed by atoms with Gasteiger partial charge in [0.2, 0.25) is 0 Å². The number of hydrogen-bond donors (Lipinski definition) is 1. The van der Waals surface area contributed by atoms with Crippen LogP contribution in [0.3, 0.4) is 0 Å². The Labute approximate surface area is 174 Å². The Morgan fingerprint density at radius 3 is 2.34 bits per heavy atom. The van der Waals surface area contributed by atoms with Crippen molar-refractivity contribution in [3.63, 3.8) is 0 Å². The summed E-state index contributed by atoms with van der Waals surface area (Å²) in [4.78, 5) is 8.09. The summed E-state index contributed by atoms with van der Waals surface area (Å²) >= 11 is 5.98. The molecule has 4 rings (SSSR count). The number of nitrogens with one attached hydrogen (secondary N) is 1. The number of halogens is 2. The van der Waals surface area contributed by atoms with E-state index in [4.69, 9.17) is 21.3 Å². The van der Waals surface area contributed by atoms with Crippen molar-refractivity contribution in [3.05, 3.63) is 94.9 Å². The first-order valence-corrected chi connectivity index (χ1v) is 9.72. The highest BCUT2D eigenvalue weighted by Gasteiger charge is 2.12. The van der Waals surface area contributed by atoms with E-state index in [1.807, 2.05) is 68.4 Å². The van der Waals surface area contributed by atoms with Crippen molar-refractivity contribution in [2.24, 2.45) is 0 Å². The Kier molecular flexibility index (Phi) is 5.36. The minimum atomic E-state index is -0.266. The van der Waals surface area contributed by atoms with E-state index < -0.39 is 0 Å². The molecule has 4 aromatic rings. The van der Waals surface area contributed by atoms with Gasteiger partial charge in [-0.05, 0) is 67.9 Å². The van der Waals surface area contributed by atoms with Gasteiger partial charge in [-0.2, -0.15) is 0 Å². The van der Waals surface area contributed by atoms with Gasteiger partial charge in [0.15, 0.2) is 0 Å². The number of aromatic amines is 1. The molecule has 0 radical (unpaired) electrons. The maximum absolute atomic E-state index is 13.4. The third-order valence-electron chi connectivity index (χ3n) is 4.76. The number of benzene rings is 3. The highest BCUT2D eigenvalue weighted by atomic mass is 35.5. The second-order valence-corrected chi connectivity index (χ2v) is 7.34. The zero-order chi connectivity index (χ0) is 20.4. The van der Waals surface area contributed by atoms with Gasteiger partial charge in [0.25, 0.3) is 0 Å². The molecule has 0 amide bonds. The molecule has 3 nitrogen and oxygen atoms in total. The van der Waals surface area contributed by atoms with Crippen LogP contribution >= 0.6 is 11.6 Å². The van der Waals surface area contributed by atoms with Crippen LogP contribution in [0.15, 0.2) is 72.8 Å². The van der Waals surface area contributed by atoms with Crippen LogP contribution in [-0.4, -0.2) is 9.97 Å². The summed E-state index contributed by atoms with van der Waals surface area (Å²) in [6.07, 6.45) is -0.251. The normalized spacial score (nSPS) is 12.0. The minimum absolute atomic E-state index is 0.251. The van der Waals surface area contributed by atoms with Crippen LogP contribution in [0.2, 0.25) is 5.02 Å². The molecule has 0 aliphatic heterocycles. The van der Waals surface area contributed by atoms with E-state index in [-0.39, 0.29) is 11.9 Å². The summed E-state index contributed by atoms with van der Waals surface area (Å²) in [5, 5.41) is 0.699. The molecular weight excluding hydrogens is 387 g/mol. The Morgan fingerprint density at radius 1 is 0.966 bits per heavy atom. The maximum atomic E-state index is 13.4. The molecule has 1 atom stereocenters. The maximum Gasteiger partial charge on any atom is 0.138 e. The predicted molar refractivity (Wildman–Crippen MR) is 115 cm³/mol. The van der Waals surface area contributed by atoms with Gasteiger partial charge in [-0.25, -0.2) is 9.37 Å². The first-order valence-electron chi connectivity index (χ1n) is 9.35. The van der Waals surface area contributed by atoms with Crippen LogP contribution in [0.25, 0.3) is 22.6 Å². The van der Waals surface area contributed by atoms with Crippen LogP contribution in [0.1, 0.15) is 24.3 Å². The number of aromatic nitrogens is 2. The molecule has 0 fully saturated rings. The van der Waals surface area contributed by atoms with E-state index in [1.54, 1.807) is 6.07 Å². The van der Waals surface area contributed by atoms with Crippen LogP contribution < -0.4 is 4.74 Å². The summed E-state index contributed by atoms with van der Waals surface area (Å²) in [6.45, 7) is 3.90. The molecule has 0 spiro atoms. The molecule has 1 N–H and O–H groups in total. The summed E-state index contributed by atoms with van der Waals surface area (Å²) in [6, 6.07) is 21.8. The van der Waals surface area contributed by atoms with E-state index >= 15 is 0 Å². The van der Waals surface area contributed by atoms with Gasteiger partial charge < -0.3 is 9.72 Å². The number of ether oxygens (including phenoxy) is 1. The van der Waals surface area contributed by atoms with E-state index in [2.05, 4.69) is 4.98 Å². The van der Waals surface area contributed by atoms with Crippen LogP contribution in [0.5, 0.6) is 5.75 Å². The van der Waals surface area contributed by atoms with Crippen molar-refractivity contribution >= 4 is 11.6 Å². The first-order chi connectivity index (χ1) is 14.0. The molecule has 0 aliphatic rings. The van der Waals surface area contributed by atoms with E-state index in [0.717, 1.165) is 33.9 Å². The lowest BCUT2D eigenvalue weighted by molar-refractivity contribution is 0.226. The fraction of sp³-hybridized carbons (Fsp3) is 0.125. The molecule has 0 aliphatic carbocycles. The third kappa shape index (κ3) is 4.33. The van der Waals surface area contributed by atoms with Crippen molar-refractivity contribution in [2.45, 2.75) is 20.0 Å². The smallest absolute Gasteiger partial charge is 0.138 e. The quantitative estimate of drug-likeness (QED) is 0.388. The number of nitrogens with zero attached hydrogens (tertiary/aromatic N) is 1. The highest BCUT2D eigenvalue weighted by molar-refractivity contribution is 6.30. The highest BCUT2D eigenvalue weighted by Crippen LogP contribution is 2.29. The van der Waals surface area contributed by atoms with Crippen molar-refractivity contribution in [1.82, 2.24) is 9.97 Å². The van der Waals surface area contributed by atoms with Crippen molar-refractivity contribution in [2.75, 3.05) is 0 Å².